The zero-order chi connectivity index (χ0) is 11.7. The number of amides is 1. The van der Waals surface area contributed by atoms with Gasteiger partial charge in [-0.25, -0.2) is 4.39 Å². The van der Waals surface area contributed by atoms with Gasteiger partial charge in [-0.3, -0.25) is 9.69 Å². The Morgan fingerprint density at radius 1 is 1.44 bits per heavy atom. The summed E-state index contributed by atoms with van der Waals surface area (Å²) in [6.45, 7) is 0. The number of nitrogens with zero attached hydrogens (tertiary/aromatic N) is 1. The van der Waals surface area contributed by atoms with Crippen LogP contribution in [0.5, 0.6) is 0 Å². The minimum absolute atomic E-state index is 0.109. The van der Waals surface area contributed by atoms with Crippen molar-refractivity contribution in [3.05, 3.63) is 30.1 Å². The van der Waals surface area contributed by atoms with Gasteiger partial charge in [-0.2, -0.15) is 0 Å². The van der Waals surface area contributed by atoms with Crippen LogP contribution in [0.25, 0.3) is 0 Å². The van der Waals surface area contributed by atoms with Crippen LogP contribution >= 0.6 is 0 Å². The fraction of sp³-hybridized carbons (Fsp3) is 0.273. The first-order chi connectivity index (χ1) is 7.70. The van der Waals surface area contributed by atoms with Crippen LogP contribution in [0.2, 0.25) is 0 Å². The third kappa shape index (κ3) is 1.40. The molecule has 1 aliphatic rings. The summed E-state index contributed by atoms with van der Waals surface area (Å²) in [5.74, 6) is -0.929. The average molecular weight is 223 g/mol. The van der Waals surface area contributed by atoms with E-state index in [1.807, 2.05) is 0 Å². The Hall–Kier alpha value is -1.75. The SMILES string of the molecule is CO[C@H]1C(=O)N(c2ccccc2F)[C@H]1C=O. The Labute approximate surface area is 91.6 Å². The fourth-order valence-electron chi connectivity index (χ4n) is 1.78. The summed E-state index contributed by atoms with van der Waals surface area (Å²) in [6.07, 6.45) is -0.209. The van der Waals surface area contributed by atoms with Gasteiger partial charge in [-0.05, 0) is 12.1 Å². The van der Waals surface area contributed by atoms with Gasteiger partial charge in [0.05, 0.1) is 5.69 Å². The molecule has 1 aliphatic heterocycles. The molecular weight excluding hydrogens is 213 g/mol. The molecule has 0 bridgehead atoms. The van der Waals surface area contributed by atoms with Gasteiger partial charge in [-0.1, -0.05) is 12.1 Å². The number of para-hydroxylation sites is 1. The van der Waals surface area contributed by atoms with E-state index in [2.05, 4.69) is 0 Å². The van der Waals surface area contributed by atoms with E-state index in [9.17, 15) is 14.0 Å². The van der Waals surface area contributed by atoms with E-state index in [1.165, 1.54) is 25.3 Å². The van der Waals surface area contributed by atoms with Gasteiger partial charge >= 0.3 is 0 Å². The monoisotopic (exact) mass is 223 g/mol. The Kier molecular flexibility index (Phi) is 2.70. The molecule has 0 spiro atoms. The molecule has 84 valence electrons. The molecule has 0 aromatic heterocycles. The lowest BCUT2D eigenvalue weighted by Gasteiger charge is -2.42. The van der Waals surface area contributed by atoms with Crippen LogP contribution in [0.1, 0.15) is 0 Å². The number of β-lactam (4-membered cyclic amide) rings is 1. The zero-order valence-corrected chi connectivity index (χ0v) is 8.59. The second-order valence-electron chi connectivity index (χ2n) is 3.44. The number of methoxy groups -OCH3 is 1. The van der Waals surface area contributed by atoms with E-state index in [1.54, 1.807) is 6.07 Å². The molecule has 2 rings (SSSR count). The number of benzene rings is 1. The van der Waals surface area contributed by atoms with Gasteiger partial charge in [0, 0.05) is 7.11 Å². The van der Waals surface area contributed by atoms with Crippen molar-refractivity contribution < 1.29 is 18.7 Å². The second-order valence-corrected chi connectivity index (χ2v) is 3.44. The first kappa shape index (κ1) is 10.8. The van der Waals surface area contributed by atoms with E-state index in [0.717, 1.165) is 4.90 Å². The minimum atomic E-state index is -0.794. The van der Waals surface area contributed by atoms with Crippen molar-refractivity contribution in [3.8, 4) is 0 Å². The van der Waals surface area contributed by atoms with E-state index >= 15 is 0 Å². The number of hydrogen-bond acceptors (Lipinski definition) is 3. The highest BCUT2D eigenvalue weighted by Gasteiger charge is 2.49. The van der Waals surface area contributed by atoms with Gasteiger partial charge in [0.15, 0.2) is 6.10 Å². The normalized spacial score (nSPS) is 24.1. The van der Waals surface area contributed by atoms with E-state index < -0.39 is 23.9 Å². The van der Waals surface area contributed by atoms with Gasteiger partial charge in [0.2, 0.25) is 0 Å². The molecule has 2 atom stereocenters. The van der Waals surface area contributed by atoms with Crippen molar-refractivity contribution >= 4 is 17.9 Å². The number of anilines is 1. The van der Waals surface area contributed by atoms with Crippen molar-refractivity contribution in [3.63, 3.8) is 0 Å². The maximum Gasteiger partial charge on any atom is 0.259 e. The summed E-state index contributed by atoms with van der Waals surface area (Å²) in [5, 5.41) is 0. The number of ether oxygens (including phenoxy) is 1. The molecule has 1 saturated heterocycles. The lowest BCUT2D eigenvalue weighted by Crippen LogP contribution is -2.66. The van der Waals surface area contributed by atoms with Gasteiger partial charge in [0.25, 0.3) is 5.91 Å². The van der Waals surface area contributed by atoms with E-state index in [0.29, 0.717) is 6.29 Å². The lowest BCUT2D eigenvalue weighted by molar-refractivity contribution is -0.142. The van der Waals surface area contributed by atoms with Crippen molar-refractivity contribution in [2.24, 2.45) is 0 Å². The number of hydrogen-bond donors (Lipinski definition) is 0. The molecular formula is C11H10FNO3. The number of rotatable bonds is 3. The van der Waals surface area contributed by atoms with Crippen molar-refractivity contribution in [1.82, 2.24) is 0 Å². The van der Waals surface area contributed by atoms with Crippen LogP contribution in [-0.2, 0) is 14.3 Å². The second kappa shape index (κ2) is 4.02. The van der Waals surface area contributed by atoms with Crippen LogP contribution in [-0.4, -0.2) is 31.4 Å². The first-order valence-corrected chi connectivity index (χ1v) is 4.76. The number of carbonyl (C=O) groups excluding carboxylic acids is 2. The Balaban J connectivity index is 2.33. The van der Waals surface area contributed by atoms with Gasteiger partial charge in [-0.15, -0.1) is 0 Å². The van der Waals surface area contributed by atoms with Crippen LogP contribution in [0.15, 0.2) is 24.3 Å². The van der Waals surface area contributed by atoms with Gasteiger partial charge in [0.1, 0.15) is 18.1 Å². The minimum Gasteiger partial charge on any atom is -0.369 e. The lowest BCUT2D eigenvalue weighted by atomic mass is 9.98. The molecule has 1 fully saturated rings. The summed E-state index contributed by atoms with van der Waals surface area (Å²) in [5.41, 5.74) is 0.109. The topological polar surface area (TPSA) is 46.6 Å². The predicted molar refractivity (Wildman–Crippen MR) is 54.5 cm³/mol. The smallest absolute Gasteiger partial charge is 0.259 e. The predicted octanol–water partition coefficient (Wildman–Crippen LogP) is 0.755. The van der Waals surface area contributed by atoms with E-state index in [4.69, 9.17) is 4.74 Å². The molecule has 0 N–H and O–H groups in total. The molecule has 4 nitrogen and oxygen atoms in total. The fourth-order valence-corrected chi connectivity index (χ4v) is 1.78. The molecule has 0 aliphatic carbocycles. The molecule has 1 aromatic rings. The molecule has 5 heteroatoms. The summed E-state index contributed by atoms with van der Waals surface area (Å²) < 4.78 is 18.3. The Morgan fingerprint density at radius 2 is 2.12 bits per heavy atom. The number of carbonyl (C=O) groups is 2. The molecule has 0 saturated carbocycles. The average Bonchev–Trinajstić information content (AvgIpc) is 2.29. The van der Waals surface area contributed by atoms with E-state index in [-0.39, 0.29) is 5.69 Å². The first-order valence-electron chi connectivity index (χ1n) is 4.76. The van der Waals surface area contributed by atoms with Crippen molar-refractivity contribution in [2.45, 2.75) is 12.1 Å². The van der Waals surface area contributed by atoms with Crippen LogP contribution < -0.4 is 4.90 Å². The largest absolute Gasteiger partial charge is 0.369 e. The van der Waals surface area contributed by atoms with Crippen LogP contribution in [0.3, 0.4) is 0 Å². The summed E-state index contributed by atoms with van der Waals surface area (Å²) in [7, 11) is 1.34. The van der Waals surface area contributed by atoms with Crippen molar-refractivity contribution in [2.75, 3.05) is 12.0 Å². The van der Waals surface area contributed by atoms with Crippen molar-refractivity contribution in [1.29, 1.82) is 0 Å². The standard InChI is InChI=1S/C11H10FNO3/c1-16-10-9(6-14)13(11(10)15)8-5-3-2-4-7(8)12/h2-6,9-10H,1H3/t9-,10+/m0/s1. The highest BCUT2D eigenvalue weighted by atomic mass is 19.1. The molecule has 0 unspecified atom stereocenters. The van der Waals surface area contributed by atoms with Crippen LogP contribution in [0, 0.1) is 5.82 Å². The molecule has 16 heavy (non-hydrogen) atoms. The quantitative estimate of drug-likeness (QED) is 0.561. The highest BCUT2D eigenvalue weighted by molar-refractivity contribution is 6.10. The third-order valence-corrected chi connectivity index (χ3v) is 2.59. The maximum absolute atomic E-state index is 13.4. The maximum atomic E-state index is 13.4. The molecule has 0 radical (unpaired) electrons. The summed E-state index contributed by atoms with van der Waals surface area (Å²) in [6, 6.07) is 5.08. The third-order valence-electron chi connectivity index (χ3n) is 2.59. The molecule has 1 aromatic carbocycles. The highest BCUT2D eigenvalue weighted by Crippen LogP contribution is 2.30. The summed E-state index contributed by atoms with van der Waals surface area (Å²) >= 11 is 0. The summed E-state index contributed by atoms with van der Waals surface area (Å²) in [4.78, 5) is 23.5. The van der Waals surface area contributed by atoms with Gasteiger partial charge < -0.3 is 9.53 Å². The van der Waals surface area contributed by atoms with Crippen LogP contribution in [0.4, 0.5) is 10.1 Å². The Morgan fingerprint density at radius 3 is 2.69 bits per heavy atom. The zero-order valence-electron chi connectivity index (χ0n) is 8.59. The molecule has 1 amide bonds. The number of aldehydes is 1. The Bertz CT molecular complexity index is 435. The molecule has 1 heterocycles. The number of halogens is 1.